The van der Waals surface area contributed by atoms with Crippen molar-refractivity contribution in [2.75, 3.05) is 0 Å². The van der Waals surface area contributed by atoms with Crippen LogP contribution in [0.3, 0.4) is 0 Å². The van der Waals surface area contributed by atoms with E-state index in [9.17, 15) is 4.79 Å². The van der Waals surface area contributed by atoms with E-state index in [4.69, 9.17) is 0 Å². The number of rotatable bonds is 3. The van der Waals surface area contributed by atoms with Crippen molar-refractivity contribution >= 4 is 18.0 Å². The molecule has 0 aliphatic rings. The number of benzene rings is 1. The van der Waals surface area contributed by atoms with Crippen LogP contribution < -0.4 is 0 Å². The van der Waals surface area contributed by atoms with Gasteiger partial charge in [0.25, 0.3) is 0 Å². The normalized spacial score (nSPS) is 10.4. The van der Waals surface area contributed by atoms with Crippen LogP contribution in [0.15, 0.2) is 34.6 Å². The van der Waals surface area contributed by atoms with E-state index in [0.717, 1.165) is 27.5 Å². The van der Waals surface area contributed by atoms with Gasteiger partial charge in [0.15, 0.2) is 5.16 Å². The zero-order valence-electron chi connectivity index (χ0n) is 9.04. The molecule has 0 amide bonds. The van der Waals surface area contributed by atoms with Crippen LogP contribution in [0.4, 0.5) is 0 Å². The summed E-state index contributed by atoms with van der Waals surface area (Å²) in [6.07, 6.45) is 2.53. The molecule has 0 aliphatic carbocycles. The van der Waals surface area contributed by atoms with Gasteiger partial charge < -0.3 is 4.57 Å². The monoisotopic (exact) mass is 233 g/mol. The zero-order chi connectivity index (χ0) is 11.5. The highest BCUT2D eigenvalue weighted by atomic mass is 32.2. The maximum absolute atomic E-state index is 10.7. The third-order valence-corrected chi connectivity index (χ3v) is 3.29. The summed E-state index contributed by atoms with van der Waals surface area (Å²) in [5.41, 5.74) is 1.70. The molecule has 5 heteroatoms. The molecule has 0 aliphatic heterocycles. The van der Waals surface area contributed by atoms with Crippen LogP contribution in [0.5, 0.6) is 0 Å². The highest BCUT2D eigenvalue weighted by Crippen LogP contribution is 2.26. The second kappa shape index (κ2) is 4.49. The van der Waals surface area contributed by atoms with Crippen LogP contribution in [0.2, 0.25) is 0 Å². The van der Waals surface area contributed by atoms with Gasteiger partial charge in [0.1, 0.15) is 12.6 Å². The molecule has 0 radical (unpaired) electrons. The minimum absolute atomic E-state index is 0.724. The van der Waals surface area contributed by atoms with Gasteiger partial charge >= 0.3 is 0 Å². The third kappa shape index (κ3) is 2.14. The molecule has 2 rings (SSSR count). The van der Waals surface area contributed by atoms with E-state index in [0.29, 0.717) is 0 Å². The largest absolute Gasteiger partial charge is 0.311 e. The van der Waals surface area contributed by atoms with Crippen molar-refractivity contribution in [2.24, 2.45) is 7.05 Å². The predicted molar refractivity (Wildman–Crippen MR) is 61.7 cm³/mol. The number of carbonyl (C=O) groups is 1. The number of hydrogen-bond donors (Lipinski definition) is 0. The third-order valence-electron chi connectivity index (χ3n) is 2.25. The van der Waals surface area contributed by atoms with E-state index in [2.05, 4.69) is 10.2 Å². The number of aromatic nitrogens is 3. The van der Waals surface area contributed by atoms with Gasteiger partial charge in [-0.3, -0.25) is 4.79 Å². The fraction of sp³-hybridized carbons (Fsp3) is 0.182. The molecule has 2 aromatic rings. The first-order valence-corrected chi connectivity index (χ1v) is 5.60. The lowest BCUT2D eigenvalue weighted by atomic mass is 10.1. The van der Waals surface area contributed by atoms with Crippen LogP contribution >= 0.6 is 11.8 Å². The fourth-order valence-electron chi connectivity index (χ4n) is 1.31. The average molecular weight is 233 g/mol. The van der Waals surface area contributed by atoms with Gasteiger partial charge in [-0.1, -0.05) is 6.07 Å². The molecule has 0 atom stereocenters. The lowest BCUT2D eigenvalue weighted by molar-refractivity contribution is 0.112. The van der Waals surface area contributed by atoms with E-state index in [1.807, 2.05) is 36.7 Å². The van der Waals surface area contributed by atoms with Gasteiger partial charge in [-0.2, -0.15) is 0 Å². The average Bonchev–Trinajstić information content (AvgIpc) is 2.65. The molecule has 0 N–H and O–H groups in total. The smallest absolute Gasteiger partial charge is 0.195 e. The Kier molecular flexibility index (Phi) is 3.05. The Morgan fingerprint density at radius 2 is 2.25 bits per heavy atom. The van der Waals surface area contributed by atoms with E-state index >= 15 is 0 Å². The fourth-order valence-corrected chi connectivity index (χ4v) is 2.18. The number of aryl methyl sites for hydroxylation is 2. The summed E-state index contributed by atoms with van der Waals surface area (Å²) >= 11 is 1.53. The molecular formula is C11H11N3OS. The molecule has 0 saturated heterocycles. The Balaban J connectivity index is 2.26. The molecule has 0 unspecified atom stereocenters. The minimum Gasteiger partial charge on any atom is -0.311 e. The summed E-state index contributed by atoms with van der Waals surface area (Å²) in [5, 5.41) is 8.63. The quantitative estimate of drug-likeness (QED) is 0.762. The molecule has 1 aromatic heterocycles. The summed E-state index contributed by atoms with van der Waals surface area (Å²) in [7, 11) is 1.90. The van der Waals surface area contributed by atoms with E-state index in [1.54, 1.807) is 6.33 Å². The van der Waals surface area contributed by atoms with Crippen molar-refractivity contribution in [3.8, 4) is 0 Å². The van der Waals surface area contributed by atoms with E-state index < -0.39 is 0 Å². The van der Waals surface area contributed by atoms with Crippen molar-refractivity contribution in [2.45, 2.75) is 17.0 Å². The van der Waals surface area contributed by atoms with Crippen molar-refractivity contribution in [3.63, 3.8) is 0 Å². The van der Waals surface area contributed by atoms with Crippen molar-refractivity contribution in [1.82, 2.24) is 14.8 Å². The Morgan fingerprint density at radius 3 is 2.81 bits per heavy atom. The first-order chi connectivity index (χ1) is 7.70. The Morgan fingerprint density at radius 1 is 1.44 bits per heavy atom. The molecule has 1 heterocycles. The molecule has 16 heavy (non-hydrogen) atoms. The second-order valence-corrected chi connectivity index (χ2v) is 4.50. The topological polar surface area (TPSA) is 47.8 Å². The molecule has 0 spiro atoms. The summed E-state index contributed by atoms with van der Waals surface area (Å²) < 4.78 is 1.85. The minimum atomic E-state index is 0.724. The zero-order valence-corrected chi connectivity index (χ0v) is 9.86. The van der Waals surface area contributed by atoms with Gasteiger partial charge in [-0.15, -0.1) is 10.2 Å². The molecule has 82 valence electrons. The number of carbonyl (C=O) groups excluding carboxylic acids is 1. The van der Waals surface area contributed by atoms with Crippen molar-refractivity contribution in [3.05, 3.63) is 35.7 Å². The summed E-state index contributed by atoms with van der Waals surface area (Å²) in [6, 6.07) is 5.71. The first-order valence-electron chi connectivity index (χ1n) is 4.78. The van der Waals surface area contributed by atoms with Gasteiger partial charge in [0.05, 0.1) is 0 Å². The first kappa shape index (κ1) is 10.9. The lowest BCUT2D eigenvalue weighted by Gasteiger charge is -2.03. The summed E-state index contributed by atoms with van der Waals surface area (Å²) in [5.74, 6) is 0. The highest BCUT2D eigenvalue weighted by Gasteiger charge is 2.05. The van der Waals surface area contributed by atoms with Gasteiger partial charge in [-0.05, 0) is 36.4 Å². The Hall–Kier alpha value is -1.62. The molecule has 0 saturated carbocycles. The molecule has 0 fully saturated rings. The maximum atomic E-state index is 10.7. The summed E-state index contributed by atoms with van der Waals surface area (Å²) in [6.45, 7) is 1.92. The van der Waals surface area contributed by atoms with Gasteiger partial charge in [0, 0.05) is 17.5 Å². The Bertz CT molecular complexity index is 522. The van der Waals surface area contributed by atoms with Crippen LogP contribution in [0.1, 0.15) is 15.9 Å². The van der Waals surface area contributed by atoms with E-state index in [-0.39, 0.29) is 0 Å². The number of nitrogens with zero attached hydrogens (tertiary/aromatic N) is 3. The Labute approximate surface area is 97.7 Å². The van der Waals surface area contributed by atoms with Crippen molar-refractivity contribution < 1.29 is 4.79 Å². The van der Waals surface area contributed by atoms with E-state index in [1.165, 1.54) is 11.8 Å². The molecule has 4 nitrogen and oxygen atoms in total. The summed E-state index contributed by atoms with van der Waals surface area (Å²) in [4.78, 5) is 11.7. The lowest BCUT2D eigenvalue weighted by Crippen LogP contribution is -1.90. The standard InChI is InChI=1S/C11H11N3OS/c1-8-5-10(4-3-9(8)6-15)16-11-13-12-7-14(11)2/h3-7H,1-2H3. The van der Waals surface area contributed by atoms with Crippen molar-refractivity contribution in [1.29, 1.82) is 0 Å². The van der Waals surface area contributed by atoms with Crippen LogP contribution in [-0.4, -0.2) is 21.1 Å². The highest BCUT2D eigenvalue weighted by molar-refractivity contribution is 7.99. The maximum Gasteiger partial charge on any atom is 0.195 e. The van der Waals surface area contributed by atoms with Gasteiger partial charge in [0.2, 0.25) is 0 Å². The number of hydrogen-bond acceptors (Lipinski definition) is 4. The SMILES string of the molecule is Cc1cc(Sc2nncn2C)ccc1C=O. The molecule has 1 aromatic carbocycles. The second-order valence-electron chi connectivity index (χ2n) is 3.46. The molecule has 0 bridgehead atoms. The van der Waals surface area contributed by atoms with Gasteiger partial charge in [-0.25, -0.2) is 0 Å². The van der Waals surface area contributed by atoms with Crippen LogP contribution in [-0.2, 0) is 7.05 Å². The predicted octanol–water partition coefficient (Wildman–Crippen LogP) is 2.09. The van der Waals surface area contributed by atoms with Crippen LogP contribution in [0.25, 0.3) is 0 Å². The number of aldehydes is 1. The van der Waals surface area contributed by atoms with Crippen LogP contribution in [0, 0.1) is 6.92 Å². The molecular weight excluding hydrogens is 222 g/mol.